The molecular formula is C19H23NO3. The van der Waals surface area contributed by atoms with Crippen LogP contribution in [0.5, 0.6) is 11.5 Å². The molecule has 1 saturated heterocycles. The smallest absolute Gasteiger partial charge is 0.166 e. The first-order valence-electron chi connectivity index (χ1n) is 8.49. The van der Waals surface area contributed by atoms with Crippen LogP contribution in [0.2, 0.25) is 0 Å². The van der Waals surface area contributed by atoms with Crippen LogP contribution in [0.3, 0.4) is 0 Å². The molecule has 1 fully saturated rings. The molecule has 0 radical (unpaired) electrons. The van der Waals surface area contributed by atoms with Gasteiger partial charge in [0.25, 0.3) is 0 Å². The summed E-state index contributed by atoms with van der Waals surface area (Å²) in [6.07, 6.45) is 5.64. The van der Waals surface area contributed by atoms with Gasteiger partial charge < -0.3 is 19.5 Å². The Kier molecular flexibility index (Phi) is 2.48. The van der Waals surface area contributed by atoms with E-state index in [9.17, 15) is 5.11 Å². The lowest BCUT2D eigenvalue weighted by Gasteiger charge is -2.60. The normalized spacial score (nSPS) is 43.0. The van der Waals surface area contributed by atoms with Crippen molar-refractivity contribution in [2.75, 3.05) is 20.7 Å². The van der Waals surface area contributed by atoms with Gasteiger partial charge in [0.2, 0.25) is 0 Å². The molecule has 1 N–H and O–H groups in total. The van der Waals surface area contributed by atoms with Crippen molar-refractivity contribution in [3.05, 3.63) is 35.4 Å². The first kappa shape index (κ1) is 13.9. The number of nitrogens with zero attached hydrogens (tertiary/aromatic N) is 1. The lowest BCUT2D eigenvalue weighted by atomic mass is 9.49. The van der Waals surface area contributed by atoms with Crippen LogP contribution in [-0.2, 0) is 11.8 Å². The van der Waals surface area contributed by atoms with Gasteiger partial charge in [-0.25, -0.2) is 0 Å². The number of hydrogen-bond donors (Lipinski definition) is 1. The average Bonchev–Trinajstić information content (AvgIpc) is 2.82. The zero-order valence-corrected chi connectivity index (χ0v) is 13.9. The number of likely N-dealkylation sites (N-methyl/N-ethyl adjacent to an activating group) is 1. The van der Waals surface area contributed by atoms with Crippen LogP contribution in [0, 0.1) is 5.92 Å². The second kappa shape index (κ2) is 4.11. The number of piperidine rings is 1. The quantitative estimate of drug-likeness (QED) is 0.804. The number of rotatable bonds is 1. The third kappa shape index (κ3) is 1.33. The van der Waals surface area contributed by atoms with Gasteiger partial charge in [0.1, 0.15) is 11.7 Å². The van der Waals surface area contributed by atoms with E-state index in [0.29, 0.717) is 12.0 Å². The Bertz CT molecular complexity index is 730. The van der Waals surface area contributed by atoms with E-state index in [2.05, 4.69) is 31.0 Å². The van der Waals surface area contributed by atoms with Crippen LogP contribution in [0.1, 0.15) is 24.5 Å². The molecule has 1 aromatic rings. The van der Waals surface area contributed by atoms with Crippen molar-refractivity contribution in [1.82, 2.24) is 4.90 Å². The summed E-state index contributed by atoms with van der Waals surface area (Å²) in [5.41, 5.74) is 1.91. The first-order valence-corrected chi connectivity index (χ1v) is 8.49. The van der Waals surface area contributed by atoms with Crippen LogP contribution >= 0.6 is 0 Å². The van der Waals surface area contributed by atoms with E-state index in [1.54, 1.807) is 7.11 Å². The number of aliphatic hydroxyl groups is 1. The van der Waals surface area contributed by atoms with Gasteiger partial charge in [-0.15, -0.1) is 0 Å². The Balaban J connectivity index is 1.87. The topological polar surface area (TPSA) is 41.9 Å². The van der Waals surface area contributed by atoms with Crippen molar-refractivity contribution in [2.45, 2.75) is 42.9 Å². The van der Waals surface area contributed by atoms with Gasteiger partial charge in [-0.2, -0.15) is 0 Å². The molecule has 2 aliphatic carbocycles. The van der Waals surface area contributed by atoms with Crippen LogP contribution in [0.4, 0.5) is 0 Å². The van der Waals surface area contributed by atoms with E-state index < -0.39 is 11.7 Å². The monoisotopic (exact) mass is 313 g/mol. The van der Waals surface area contributed by atoms with Crippen molar-refractivity contribution in [3.63, 3.8) is 0 Å². The summed E-state index contributed by atoms with van der Waals surface area (Å²) in [4.78, 5) is 2.48. The number of aliphatic hydroxyl groups excluding tert-OH is 1. The van der Waals surface area contributed by atoms with Gasteiger partial charge in [-0.3, -0.25) is 0 Å². The summed E-state index contributed by atoms with van der Waals surface area (Å²) in [7, 11) is 3.91. The van der Waals surface area contributed by atoms with Gasteiger partial charge in [0.05, 0.1) is 12.5 Å². The highest BCUT2D eigenvalue weighted by Crippen LogP contribution is 2.66. The van der Waals surface area contributed by atoms with Crippen molar-refractivity contribution < 1.29 is 14.6 Å². The number of methoxy groups -OCH3 is 1. The van der Waals surface area contributed by atoms with Crippen LogP contribution in [0.25, 0.3) is 0 Å². The SMILES string of the molecule is COc1ccc2c3c1OC1(C)C(O)C=CC4C(C2)N(C)CCC341. The van der Waals surface area contributed by atoms with Crippen LogP contribution in [-0.4, -0.2) is 48.5 Å². The predicted octanol–water partition coefficient (Wildman–Crippen LogP) is 1.89. The fraction of sp³-hybridized carbons (Fsp3) is 0.579. The molecule has 4 heteroatoms. The maximum absolute atomic E-state index is 10.8. The Morgan fingerprint density at radius 1 is 1.35 bits per heavy atom. The Morgan fingerprint density at radius 2 is 2.17 bits per heavy atom. The van der Waals surface area contributed by atoms with Gasteiger partial charge in [-0.1, -0.05) is 18.2 Å². The molecule has 4 nitrogen and oxygen atoms in total. The molecule has 1 aromatic carbocycles. The van der Waals surface area contributed by atoms with Crippen molar-refractivity contribution in [2.24, 2.45) is 5.92 Å². The maximum Gasteiger partial charge on any atom is 0.166 e. The number of ether oxygens (including phenoxy) is 2. The second-order valence-electron chi connectivity index (χ2n) is 7.67. The van der Waals surface area contributed by atoms with Gasteiger partial charge in [0, 0.05) is 17.5 Å². The van der Waals surface area contributed by atoms with Crippen molar-refractivity contribution in [3.8, 4) is 11.5 Å². The lowest BCUT2D eigenvalue weighted by molar-refractivity contribution is -0.110. The highest BCUT2D eigenvalue weighted by atomic mass is 16.5. The molecular weight excluding hydrogens is 290 g/mol. The van der Waals surface area contributed by atoms with Gasteiger partial charge >= 0.3 is 0 Å². The highest BCUT2D eigenvalue weighted by molar-refractivity contribution is 5.63. The van der Waals surface area contributed by atoms with E-state index >= 15 is 0 Å². The third-order valence-electron chi connectivity index (χ3n) is 6.98. The number of benzene rings is 1. The molecule has 23 heavy (non-hydrogen) atoms. The molecule has 5 rings (SSSR count). The fourth-order valence-corrected chi connectivity index (χ4v) is 5.77. The zero-order chi connectivity index (χ0) is 16.0. The molecule has 2 bridgehead atoms. The highest BCUT2D eigenvalue weighted by Gasteiger charge is 2.70. The van der Waals surface area contributed by atoms with E-state index in [4.69, 9.17) is 9.47 Å². The Labute approximate surface area is 136 Å². The van der Waals surface area contributed by atoms with Crippen molar-refractivity contribution >= 4 is 0 Å². The predicted molar refractivity (Wildman–Crippen MR) is 87.1 cm³/mol. The third-order valence-corrected chi connectivity index (χ3v) is 6.98. The standard InChI is InChI=1S/C19H23NO3/c1-18-15(21)7-5-12-13-10-11-4-6-14(22-3)17(23-18)16(11)19(12,18)8-9-20(13)2/h4-7,12-13,15,21H,8-10H2,1-3H3. The molecule has 2 heterocycles. The van der Waals surface area contributed by atoms with Gasteiger partial charge in [-0.05, 0) is 45.0 Å². The molecule has 122 valence electrons. The summed E-state index contributed by atoms with van der Waals surface area (Å²) < 4.78 is 12.1. The molecule has 2 aliphatic heterocycles. The minimum atomic E-state index is -0.613. The summed E-state index contributed by atoms with van der Waals surface area (Å²) in [5, 5.41) is 10.8. The molecule has 1 spiro atoms. The maximum atomic E-state index is 10.8. The average molecular weight is 313 g/mol. The molecule has 0 aromatic heterocycles. The Hall–Kier alpha value is -1.52. The minimum absolute atomic E-state index is 0.143. The second-order valence-corrected chi connectivity index (χ2v) is 7.67. The lowest BCUT2D eigenvalue weighted by Crippen LogP contribution is -2.70. The molecule has 0 amide bonds. The molecule has 5 atom stereocenters. The van der Waals surface area contributed by atoms with Crippen molar-refractivity contribution in [1.29, 1.82) is 0 Å². The summed E-state index contributed by atoms with van der Waals surface area (Å²) in [6, 6.07) is 4.69. The minimum Gasteiger partial charge on any atom is -0.493 e. The molecule has 0 saturated carbocycles. The summed E-state index contributed by atoms with van der Waals surface area (Å²) in [6.45, 7) is 3.13. The number of likely N-dealkylation sites (tertiary alicyclic amines) is 1. The van der Waals surface area contributed by atoms with Crippen LogP contribution < -0.4 is 9.47 Å². The van der Waals surface area contributed by atoms with Crippen LogP contribution in [0.15, 0.2) is 24.3 Å². The van der Waals surface area contributed by atoms with E-state index in [0.717, 1.165) is 30.9 Å². The number of hydrogen-bond acceptors (Lipinski definition) is 4. The summed E-state index contributed by atoms with van der Waals surface area (Å²) in [5.74, 6) is 2.04. The first-order chi connectivity index (χ1) is 11.0. The van der Waals surface area contributed by atoms with E-state index in [1.807, 2.05) is 12.1 Å². The van der Waals surface area contributed by atoms with E-state index in [1.165, 1.54) is 11.1 Å². The van der Waals surface area contributed by atoms with E-state index in [-0.39, 0.29) is 5.41 Å². The fourth-order valence-electron chi connectivity index (χ4n) is 5.77. The molecule has 5 unspecified atom stereocenters. The Morgan fingerprint density at radius 3 is 2.96 bits per heavy atom. The zero-order valence-electron chi connectivity index (χ0n) is 13.9. The molecule has 4 aliphatic rings. The largest absolute Gasteiger partial charge is 0.493 e. The summed E-state index contributed by atoms with van der Waals surface area (Å²) >= 11 is 0. The van der Waals surface area contributed by atoms with Gasteiger partial charge in [0.15, 0.2) is 11.5 Å².